The Kier molecular flexibility index (Phi) is 3.03. The molecule has 0 amide bonds. The minimum atomic E-state index is 0.217. The van der Waals surface area contributed by atoms with Crippen LogP contribution in [-0.2, 0) is 0 Å². The molecular weight excluding hydrogens is 252 g/mol. The predicted octanol–water partition coefficient (Wildman–Crippen LogP) is 2.72. The van der Waals surface area contributed by atoms with Gasteiger partial charge in [-0.15, -0.1) is 0 Å². The fourth-order valence-corrected chi connectivity index (χ4v) is 2.67. The zero-order valence-electron chi connectivity index (χ0n) is 9.20. The molecule has 0 aromatic heterocycles. The topological polar surface area (TPSA) is 29.3 Å². The minimum Gasteiger partial charge on any atom is -0.371 e. The molecule has 1 aliphatic rings. The van der Waals surface area contributed by atoms with Crippen LogP contribution in [0.15, 0.2) is 22.7 Å². The van der Waals surface area contributed by atoms with Crippen molar-refractivity contribution in [1.29, 1.82) is 0 Å². The number of anilines is 1. The van der Waals surface area contributed by atoms with Gasteiger partial charge in [-0.05, 0) is 37.6 Å². The van der Waals surface area contributed by atoms with Crippen LogP contribution in [0.2, 0.25) is 0 Å². The molecule has 0 spiro atoms. The maximum atomic E-state index is 6.04. The van der Waals surface area contributed by atoms with Crippen molar-refractivity contribution in [2.75, 3.05) is 18.0 Å². The average Bonchev–Trinajstić information content (AvgIpc) is 2.55. The molecule has 2 rings (SSSR count). The first-order valence-corrected chi connectivity index (χ1v) is 6.22. The average molecular weight is 269 g/mol. The summed E-state index contributed by atoms with van der Waals surface area (Å²) in [6.07, 6.45) is 0. The summed E-state index contributed by atoms with van der Waals surface area (Å²) in [6.45, 7) is 6.39. The zero-order valence-corrected chi connectivity index (χ0v) is 10.8. The van der Waals surface area contributed by atoms with Crippen LogP contribution in [0.5, 0.6) is 0 Å². The van der Waals surface area contributed by atoms with Crippen LogP contribution in [0.4, 0.5) is 5.69 Å². The highest BCUT2D eigenvalue weighted by atomic mass is 79.9. The maximum Gasteiger partial charge on any atom is 0.0403 e. The molecule has 15 heavy (non-hydrogen) atoms. The summed E-state index contributed by atoms with van der Waals surface area (Å²) < 4.78 is 1.14. The molecule has 0 saturated carbocycles. The monoisotopic (exact) mass is 268 g/mol. The van der Waals surface area contributed by atoms with Gasteiger partial charge in [0.1, 0.15) is 0 Å². The van der Waals surface area contributed by atoms with Crippen LogP contribution >= 0.6 is 15.9 Å². The van der Waals surface area contributed by atoms with Gasteiger partial charge in [-0.3, -0.25) is 0 Å². The van der Waals surface area contributed by atoms with Crippen molar-refractivity contribution in [3.05, 3.63) is 28.2 Å². The van der Waals surface area contributed by atoms with Gasteiger partial charge in [-0.1, -0.05) is 15.9 Å². The molecule has 2 unspecified atom stereocenters. The summed E-state index contributed by atoms with van der Waals surface area (Å²) in [6, 6.07) is 6.71. The molecule has 1 aromatic carbocycles. The van der Waals surface area contributed by atoms with Crippen LogP contribution in [0.1, 0.15) is 25.3 Å². The number of likely N-dealkylation sites (N-methyl/N-ethyl adjacent to an activating group) is 1. The first kappa shape index (κ1) is 11.0. The van der Waals surface area contributed by atoms with Crippen molar-refractivity contribution in [3.8, 4) is 0 Å². The van der Waals surface area contributed by atoms with Crippen molar-refractivity contribution >= 4 is 21.6 Å². The Labute approximate surface area is 99.6 Å². The standard InChI is InChI=1S/C12H17BrN2/c1-3-15-7-11(8(2)14)10-6-9(13)4-5-12(10)15/h4-6,8,11H,3,7,14H2,1-2H3. The van der Waals surface area contributed by atoms with Gasteiger partial charge in [0.25, 0.3) is 0 Å². The third-order valence-corrected chi connectivity index (χ3v) is 3.66. The summed E-state index contributed by atoms with van der Waals surface area (Å²) in [7, 11) is 0. The lowest BCUT2D eigenvalue weighted by Crippen LogP contribution is -2.30. The molecule has 0 aliphatic carbocycles. The zero-order chi connectivity index (χ0) is 11.0. The lowest BCUT2D eigenvalue weighted by Gasteiger charge is -2.18. The second-order valence-electron chi connectivity index (χ2n) is 4.21. The van der Waals surface area contributed by atoms with Crippen LogP contribution in [-0.4, -0.2) is 19.1 Å². The van der Waals surface area contributed by atoms with E-state index in [0.29, 0.717) is 5.92 Å². The number of rotatable bonds is 2. The Morgan fingerprint density at radius 3 is 2.93 bits per heavy atom. The van der Waals surface area contributed by atoms with Crippen molar-refractivity contribution in [3.63, 3.8) is 0 Å². The molecule has 1 aliphatic heterocycles. The number of halogens is 1. The molecule has 3 heteroatoms. The van der Waals surface area contributed by atoms with Gasteiger partial charge in [0.15, 0.2) is 0 Å². The van der Waals surface area contributed by atoms with Crippen molar-refractivity contribution in [2.24, 2.45) is 5.73 Å². The van der Waals surface area contributed by atoms with E-state index in [4.69, 9.17) is 5.73 Å². The van der Waals surface area contributed by atoms with Crippen molar-refractivity contribution < 1.29 is 0 Å². The fraction of sp³-hybridized carbons (Fsp3) is 0.500. The number of fused-ring (bicyclic) bond motifs is 1. The summed E-state index contributed by atoms with van der Waals surface area (Å²) in [4.78, 5) is 2.40. The van der Waals surface area contributed by atoms with E-state index in [-0.39, 0.29) is 6.04 Å². The van der Waals surface area contributed by atoms with Gasteiger partial charge >= 0.3 is 0 Å². The van der Waals surface area contributed by atoms with E-state index in [1.807, 2.05) is 0 Å². The number of hydrogen-bond donors (Lipinski definition) is 1. The van der Waals surface area contributed by atoms with Crippen molar-refractivity contribution in [1.82, 2.24) is 0 Å². The van der Waals surface area contributed by atoms with Gasteiger partial charge in [-0.25, -0.2) is 0 Å². The van der Waals surface area contributed by atoms with Crippen LogP contribution in [0.25, 0.3) is 0 Å². The molecule has 82 valence electrons. The third-order valence-electron chi connectivity index (χ3n) is 3.16. The molecule has 0 fully saturated rings. The summed E-state index contributed by atoms with van der Waals surface area (Å²) >= 11 is 3.52. The number of nitrogens with two attached hydrogens (primary N) is 1. The third kappa shape index (κ3) is 1.91. The molecule has 1 heterocycles. The Bertz CT molecular complexity index is 363. The van der Waals surface area contributed by atoms with Crippen molar-refractivity contribution in [2.45, 2.75) is 25.8 Å². The molecular formula is C12H17BrN2. The predicted molar refractivity (Wildman–Crippen MR) is 68.4 cm³/mol. The lowest BCUT2D eigenvalue weighted by atomic mass is 9.95. The van der Waals surface area contributed by atoms with Crippen LogP contribution < -0.4 is 10.6 Å². The Morgan fingerprint density at radius 2 is 2.33 bits per heavy atom. The summed E-state index contributed by atoms with van der Waals surface area (Å²) in [5.74, 6) is 0.470. The molecule has 0 bridgehead atoms. The normalized spacial score (nSPS) is 21.6. The van der Waals surface area contributed by atoms with Gasteiger partial charge in [-0.2, -0.15) is 0 Å². The summed E-state index contributed by atoms with van der Waals surface area (Å²) in [5.41, 5.74) is 8.78. The second-order valence-corrected chi connectivity index (χ2v) is 5.12. The van der Waals surface area contributed by atoms with Crippen LogP contribution in [0, 0.1) is 0 Å². The second kappa shape index (κ2) is 4.14. The first-order valence-electron chi connectivity index (χ1n) is 5.43. The van der Waals surface area contributed by atoms with Gasteiger partial charge < -0.3 is 10.6 Å². The lowest BCUT2D eigenvalue weighted by molar-refractivity contribution is 0.586. The van der Waals surface area contributed by atoms with Crippen LogP contribution in [0.3, 0.4) is 0 Å². The maximum absolute atomic E-state index is 6.04. The highest BCUT2D eigenvalue weighted by molar-refractivity contribution is 9.10. The van der Waals surface area contributed by atoms with Gasteiger partial charge in [0.2, 0.25) is 0 Å². The molecule has 2 atom stereocenters. The van der Waals surface area contributed by atoms with E-state index in [1.54, 1.807) is 0 Å². The Morgan fingerprint density at radius 1 is 1.60 bits per heavy atom. The van der Waals surface area contributed by atoms with Gasteiger partial charge in [0.05, 0.1) is 0 Å². The summed E-state index contributed by atoms with van der Waals surface area (Å²) in [5, 5.41) is 0. The van der Waals surface area contributed by atoms with E-state index < -0.39 is 0 Å². The minimum absolute atomic E-state index is 0.217. The number of nitrogens with zero attached hydrogens (tertiary/aromatic N) is 1. The number of hydrogen-bond acceptors (Lipinski definition) is 2. The Balaban J connectivity index is 2.43. The molecule has 2 N–H and O–H groups in total. The van der Waals surface area contributed by atoms with E-state index in [0.717, 1.165) is 17.6 Å². The molecule has 1 aromatic rings. The highest BCUT2D eigenvalue weighted by Crippen LogP contribution is 2.38. The largest absolute Gasteiger partial charge is 0.371 e. The molecule has 0 saturated heterocycles. The highest BCUT2D eigenvalue weighted by Gasteiger charge is 2.29. The molecule has 0 radical (unpaired) electrons. The SMILES string of the molecule is CCN1CC(C(C)N)c2cc(Br)ccc21. The van der Waals surface area contributed by atoms with E-state index in [1.165, 1.54) is 11.3 Å². The Hall–Kier alpha value is -0.540. The smallest absolute Gasteiger partial charge is 0.0403 e. The fourth-order valence-electron chi connectivity index (χ4n) is 2.29. The van der Waals surface area contributed by atoms with Gasteiger partial charge in [0, 0.05) is 35.2 Å². The van der Waals surface area contributed by atoms with E-state index >= 15 is 0 Å². The molecule has 2 nitrogen and oxygen atoms in total. The number of benzene rings is 1. The first-order chi connectivity index (χ1) is 7.13. The quantitative estimate of drug-likeness (QED) is 0.894. The van der Waals surface area contributed by atoms with E-state index in [2.05, 4.69) is 52.9 Å². The van der Waals surface area contributed by atoms with E-state index in [9.17, 15) is 0 Å².